The summed E-state index contributed by atoms with van der Waals surface area (Å²) in [6.07, 6.45) is 27.2. The topological polar surface area (TPSA) is 46.5 Å². The standard InChI is InChI=1S/C29H50O3/c1-2-3-4-5-6-7-8-9-10-11-12-13-14-15-16-17-18-19-20-21-25-32-29(31)27-23-22-24-28(30)26-27/h22-24,26,30H,2-21,25H2,1H3. The van der Waals surface area contributed by atoms with Gasteiger partial charge in [0, 0.05) is 0 Å². The average Bonchev–Trinajstić information content (AvgIpc) is 2.80. The molecule has 0 heterocycles. The Bertz CT molecular complexity index is 555. The van der Waals surface area contributed by atoms with Crippen LogP contribution < -0.4 is 0 Å². The fourth-order valence-corrected chi connectivity index (χ4v) is 4.24. The molecule has 184 valence electrons. The molecule has 0 spiro atoms. The first-order valence-corrected chi connectivity index (χ1v) is 13.7. The zero-order valence-corrected chi connectivity index (χ0v) is 20.9. The summed E-state index contributed by atoms with van der Waals surface area (Å²) in [5.74, 6) is -0.253. The van der Waals surface area contributed by atoms with Crippen molar-refractivity contribution in [2.75, 3.05) is 6.61 Å². The Hall–Kier alpha value is -1.51. The van der Waals surface area contributed by atoms with E-state index in [1.54, 1.807) is 18.2 Å². The number of hydrogen-bond donors (Lipinski definition) is 1. The van der Waals surface area contributed by atoms with Crippen LogP contribution in [0.4, 0.5) is 0 Å². The molecule has 0 bridgehead atoms. The summed E-state index contributed by atoms with van der Waals surface area (Å²) in [5.41, 5.74) is 0.415. The molecule has 3 nitrogen and oxygen atoms in total. The molecule has 1 rings (SSSR count). The smallest absolute Gasteiger partial charge is 0.338 e. The molecule has 0 saturated heterocycles. The molecule has 0 fully saturated rings. The highest BCUT2D eigenvalue weighted by atomic mass is 16.5. The van der Waals surface area contributed by atoms with Crippen LogP contribution in [0.1, 0.15) is 146 Å². The number of rotatable bonds is 22. The summed E-state index contributed by atoms with van der Waals surface area (Å²) < 4.78 is 5.27. The van der Waals surface area contributed by atoms with E-state index in [9.17, 15) is 9.90 Å². The minimum Gasteiger partial charge on any atom is -0.508 e. The molecule has 0 atom stereocenters. The third-order valence-corrected chi connectivity index (χ3v) is 6.31. The van der Waals surface area contributed by atoms with Crippen molar-refractivity contribution in [3.8, 4) is 5.75 Å². The molecule has 0 saturated carbocycles. The second-order valence-corrected chi connectivity index (χ2v) is 9.40. The molecule has 1 aromatic carbocycles. The highest BCUT2D eigenvalue weighted by Gasteiger charge is 2.07. The van der Waals surface area contributed by atoms with E-state index in [2.05, 4.69) is 6.92 Å². The summed E-state index contributed by atoms with van der Waals surface area (Å²) in [6.45, 7) is 2.75. The Balaban J connectivity index is 1.74. The molecule has 0 aliphatic heterocycles. The molecule has 1 aromatic rings. The van der Waals surface area contributed by atoms with E-state index in [1.165, 1.54) is 122 Å². The summed E-state index contributed by atoms with van der Waals surface area (Å²) in [7, 11) is 0. The molecule has 0 amide bonds. The molecular weight excluding hydrogens is 396 g/mol. The van der Waals surface area contributed by atoms with E-state index in [1.807, 2.05) is 0 Å². The van der Waals surface area contributed by atoms with Crippen LogP contribution in [-0.4, -0.2) is 17.7 Å². The van der Waals surface area contributed by atoms with Gasteiger partial charge >= 0.3 is 5.97 Å². The van der Waals surface area contributed by atoms with Gasteiger partial charge in [-0.2, -0.15) is 0 Å². The lowest BCUT2D eigenvalue weighted by Gasteiger charge is -2.06. The molecule has 0 aliphatic carbocycles. The quantitative estimate of drug-likeness (QED) is 0.142. The SMILES string of the molecule is CCCCCCCCCCCCCCCCCCCCCCOC(=O)c1cccc(O)c1. The maximum absolute atomic E-state index is 11.9. The van der Waals surface area contributed by atoms with Crippen LogP contribution in [0.3, 0.4) is 0 Å². The number of esters is 1. The zero-order valence-electron chi connectivity index (χ0n) is 20.9. The lowest BCUT2D eigenvalue weighted by Crippen LogP contribution is -2.06. The normalized spacial score (nSPS) is 11.0. The Kier molecular flexibility index (Phi) is 19.0. The van der Waals surface area contributed by atoms with Gasteiger partial charge in [0.25, 0.3) is 0 Å². The van der Waals surface area contributed by atoms with Crippen molar-refractivity contribution in [1.29, 1.82) is 0 Å². The summed E-state index contributed by atoms with van der Waals surface area (Å²) in [6, 6.07) is 6.32. The molecular formula is C29H50O3. The van der Waals surface area contributed by atoms with Crippen LogP contribution >= 0.6 is 0 Å². The summed E-state index contributed by atoms with van der Waals surface area (Å²) in [5, 5.41) is 9.40. The monoisotopic (exact) mass is 446 g/mol. The number of carbonyl (C=O) groups excluding carboxylic acids is 1. The number of phenols is 1. The van der Waals surface area contributed by atoms with Gasteiger partial charge in [-0.3, -0.25) is 0 Å². The van der Waals surface area contributed by atoms with Crippen molar-refractivity contribution in [2.45, 2.75) is 135 Å². The van der Waals surface area contributed by atoms with Crippen molar-refractivity contribution in [2.24, 2.45) is 0 Å². The highest BCUT2D eigenvalue weighted by molar-refractivity contribution is 5.89. The van der Waals surface area contributed by atoms with Crippen LogP contribution in [0, 0.1) is 0 Å². The number of phenolic OH excluding ortho intramolecular Hbond substituents is 1. The van der Waals surface area contributed by atoms with Crippen molar-refractivity contribution >= 4 is 5.97 Å². The minimum atomic E-state index is -0.348. The lowest BCUT2D eigenvalue weighted by atomic mass is 10.0. The van der Waals surface area contributed by atoms with E-state index < -0.39 is 0 Å². The first kappa shape index (κ1) is 28.5. The van der Waals surface area contributed by atoms with Crippen molar-refractivity contribution in [3.63, 3.8) is 0 Å². The number of benzene rings is 1. The van der Waals surface area contributed by atoms with E-state index in [-0.39, 0.29) is 11.7 Å². The predicted molar refractivity (Wildman–Crippen MR) is 136 cm³/mol. The van der Waals surface area contributed by atoms with Gasteiger partial charge in [-0.1, -0.05) is 135 Å². The van der Waals surface area contributed by atoms with E-state index in [0.717, 1.165) is 12.8 Å². The summed E-state index contributed by atoms with van der Waals surface area (Å²) >= 11 is 0. The molecule has 0 unspecified atom stereocenters. The van der Waals surface area contributed by atoms with Crippen LogP contribution in [0.2, 0.25) is 0 Å². The lowest BCUT2D eigenvalue weighted by molar-refractivity contribution is 0.0497. The maximum atomic E-state index is 11.9. The second-order valence-electron chi connectivity index (χ2n) is 9.40. The minimum absolute atomic E-state index is 0.0956. The van der Waals surface area contributed by atoms with Crippen molar-refractivity contribution in [3.05, 3.63) is 29.8 Å². The summed E-state index contributed by atoms with van der Waals surface area (Å²) in [4.78, 5) is 11.9. The average molecular weight is 447 g/mol. The van der Waals surface area contributed by atoms with Gasteiger partial charge < -0.3 is 9.84 Å². The van der Waals surface area contributed by atoms with Gasteiger partial charge in [-0.25, -0.2) is 4.79 Å². The van der Waals surface area contributed by atoms with Crippen LogP contribution in [0.15, 0.2) is 24.3 Å². The Morgan fingerprint density at radius 3 is 1.47 bits per heavy atom. The van der Waals surface area contributed by atoms with Gasteiger partial charge in [0.1, 0.15) is 5.75 Å². The van der Waals surface area contributed by atoms with Gasteiger partial charge in [0.05, 0.1) is 12.2 Å². The molecule has 0 aliphatic rings. The highest BCUT2D eigenvalue weighted by Crippen LogP contribution is 2.15. The number of unbranched alkanes of at least 4 members (excludes halogenated alkanes) is 19. The number of hydrogen-bond acceptors (Lipinski definition) is 3. The Morgan fingerprint density at radius 2 is 1.06 bits per heavy atom. The molecule has 0 aromatic heterocycles. The van der Waals surface area contributed by atoms with E-state index >= 15 is 0 Å². The number of ether oxygens (including phenoxy) is 1. The number of aromatic hydroxyl groups is 1. The van der Waals surface area contributed by atoms with Crippen LogP contribution in [-0.2, 0) is 4.74 Å². The molecule has 0 radical (unpaired) electrons. The maximum Gasteiger partial charge on any atom is 0.338 e. The van der Waals surface area contributed by atoms with Gasteiger partial charge in [0.15, 0.2) is 0 Å². The second kappa shape index (κ2) is 21.3. The fraction of sp³-hybridized carbons (Fsp3) is 0.759. The molecule has 1 N–H and O–H groups in total. The van der Waals surface area contributed by atoms with E-state index in [0.29, 0.717) is 12.2 Å². The van der Waals surface area contributed by atoms with Crippen molar-refractivity contribution < 1.29 is 14.6 Å². The van der Waals surface area contributed by atoms with Crippen LogP contribution in [0.5, 0.6) is 5.75 Å². The first-order chi connectivity index (χ1) is 15.7. The van der Waals surface area contributed by atoms with Gasteiger partial charge in [-0.15, -0.1) is 0 Å². The Morgan fingerprint density at radius 1 is 0.656 bits per heavy atom. The predicted octanol–water partition coefficient (Wildman–Crippen LogP) is 9.37. The zero-order chi connectivity index (χ0) is 23.1. The number of carbonyl (C=O) groups is 1. The molecule has 3 heteroatoms. The van der Waals surface area contributed by atoms with Gasteiger partial charge in [0.2, 0.25) is 0 Å². The third-order valence-electron chi connectivity index (χ3n) is 6.31. The van der Waals surface area contributed by atoms with Crippen molar-refractivity contribution in [1.82, 2.24) is 0 Å². The van der Waals surface area contributed by atoms with E-state index in [4.69, 9.17) is 4.74 Å². The third kappa shape index (κ3) is 17.1. The van der Waals surface area contributed by atoms with Gasteiger partial charge in [-0.05, 0) is 24.6 Å². The molecule has 32 heavy (non-hydrogen) atoms. The largest absolute Gasteiger partial charge is 0.508 e. The fourth-order valence-electron chi connectivity index (χ4n) is 4.24. The Labute approximate surface area is 198 Å². The first-order valence-electron chi connectivity index (χ1n) is 13.7. The van der Waals surface area contributed by atoms with Crippen LogP contribution in [0.25, 0.3) is 0 Å².